The van der Waals surface area contributed by atoms with Gasteiger partial charge in [-0.1, -0.05) is 23.2 Å². The van der Waals surface area contributed by atoms with Gasteiger partial charge in [0.1, 0.15) is 18.5 Å². The third kappa shape index (κ3) is 5.55. The maximum atomic E-state index is 10.5. The van der Waals surface area contributed by atoms with Crippen molar-refractivity contribution in [3.8, 4) is 5.75 Å². The van der Waals surface area contributed by atoms with Gasteiger partial charge in [-0.25, -0.2) is 0 Å². The third-order valence-corrected chi connectivity index (χ3v) is 2.55. The lowest BCUT2D eigenvalue weighted by molar-refractivity contribution is -0.117. The van der Waals surface area contributed by atoms with Crippen LogP contribution in [0.1, 0.15) is 0 Å². The van der Waals surface area contributed by atoms with E-state index in [-0.39, 0.29) is 19.7 Å². The lowest BCUT2D eigenvalue weighted by atomic mass is 10.3. The summed E-state index contributed by atoms with van der Waals surface area (Å²) < 4.78 is 5.31. The number of halogens is 2. The van der Waals surface area contributed by atoms with Crippen molar-refractivity contribution in [3.63, 3.8) is 0 Å². The maximum absolute atomic E-state index is 10.5. The number of aliphatic hydroxyl groups excluding tert-OH is 1. The number of amides is 1. The van der Waals surface area contributed by atoms with E-state index < -0.39 is 12.0 Å². The number of carbonyl (C=O) groups excluding carboxylic acids is 1. The second-order valence-electron chi connectivity index (χ2n) is 3.64. The van der Waals surface area contributed by atoms with Gasteiger partial charge in [-0.3, -0.25) is 4.79 Å². The molecule has 4 N–H and O–H groups in total. The molecule has 1 atom stereocenters. The van der Waals surface area contributed by atoms with E-state index in [0.717, 1.165) is 0 Å². The van der Waals surface area contributed by atoms with Crippen molar-refractivity contribution in [2.24, 2.45) is 5.73 Å². The molecule has 100 valence electrons. The number of ether oxygens (including phenoxy) is 1. The van der Waals surface area contributed by atoms with E-state index in [1.165, 1.54) is 0 Å². The summed E-state index contributed by atoms with van der Waals surface area (Å²) in [4.78, 5) is 10.5. The van der Waals surface area contributed by atoms with E-state index in [1.54, 1.807) is 18.2 Å². The van der Waals surface area contributed by atoms with Gasteiger partial charge in [-0.15, -0.1) is 0 Å². The average molecular weight is 293 g/mol. The summed E-state index contributed by atoms with van der Waals surface area (Å²) in [6.07, 6.45) is -0.778. The molecular formula is C11H14Cl2N2O3. The number of aliphatic hydroxyl groups is 1. The van der Waals surface area contributed by atoms with Crippen molar-refractivity contribution < 1.29 is 14.6 Å². The highest BCUT2D eigenvalue weighted by Gasteiger charge is 2.08. The molecule has 1 rings (SSSR count). The van der Waals surface area contributed by atoms with Crippen LogP contribution in [0.15, 0.2) is 18.2 Å². The Labute approximate surface area is 115 Å². The van der Waals surface area contributed by atoms with Crippen LogP contribution in [0.3, 0.4) is 0 Å². The molecule has 7 heteroatoms. The van der Waals surface area contributed by atoms with Crippen molar-refractivity contribution in [2.45, 2.75) is 6.10 Å². The molecule has 1 unspecified atom stereocenters. The quantitative estimate of drug-likeness (QED) is 0.694. The van der Waals surface area contributed by atoms with Gasteiger partial charge in [0.25, 0.3) is 0 Å². The Morgan fingerprint density at radius 3 is 2.89 bits per heavy atom. The summed E-state index contributed by atoms with van der Waals surface area (Å²) in [7, 11) is 0. The highest BCUT2D eigenvalue weighted by molar-refractivity contribution is 6.34. The van der Waals surface area contributed by atoms with Gasteiger partial charge >= 0.3 is 0 Å². The maximum Gasteiger partial charge on any atom is 0.231 e. The molecule has 0 aliphatic heterocycles. The zero-order valence-corrected chi connectivity index (χ0v) is 11.0. The number of nitrogens with one attached hydrogen (secondary N) is 1. The van der Waals surface area contributed by atoms with E-state index in [2.05, 4.69) is 5.32 Å². The first kappa shape index (κ1) is 15.0. The predicted octanol–water partition coefficient (Wildman–Crippen LogP) is 0.808. The van der Waals surface area contributed by atoms with Crippen molar-refractivity contribution in [3.05, 3.63) is 28.2 Å². The molecule has 0 aliphatic rings. The summed E-state index contributed by atoms with van der Waals surface area (Å²) in [6, 6.07) is 4.81. The van der Waals surface area contributed by atoms with Crippen LogP contribution in [0, 0.1) is 0 Å². The minimum absolute atomic E-state index is 0.00891. The second kappa shape index (κ2) is 7.43. The van der Waals surface area contributed by atoms with Gasteiger partial charge in [0.15, 0.2) is 0 Å². The van der Waals surface area contributed by atoms with E-state index in [4.69, 9.17) is 33.7 Å². The fourth-order valence-electron chi connectivity index (χ4n) is 1.19. The zero-order chi connectivity index (χ0) is 13.5. The first-order valence-electron chi connectivity index (χ1n) is 5.24. The van der Waals surface area contributed by atoms with Gasteiger partial charge in [0.05, 0.1) is 11.6 Å². The standard InChI is InChI=1S/C11H14Cl2N2O3/c12-7-1-2-9(13)10(3-7)18-6-8(16)4-15-5-11(14)17/h1-3,8,15-16H,4-6H2,(H2,14,17). The van der Waals surface area contributed by atoms with Crippen LogP contribution in [-0.4, -0.2) is 36.8 Å². The molecule has 5 nitrogen and oxygen atoms in total. The van der Waals surface area contributed by atoms with Crippen LogP contribution in [0.5, 0.6) is 5.75 Å². The van der Waals surface area contributed by atoms with E-state index >= 15 is 0 Å². The van der Waals surface area contributed by atoms with E-state index in [9.17, 15) is 9.90 Å². The number of rotatable bonds is 7. The normalized spacial score (nSPS) is 12.2. The molecule has 1 aromatic rings. The molecular weight excluding hydrogens is 279 g/mol. The molecule has 0 aromatic heterocycles. The highest BCUT2D eigenvalue weighted by atomic mass is 35.5. The molecule has 0 radical (unpaired) electrons. The molecule has 18 heavy (non-hydrogen) atoms. The van der Waals surface area contributed by atoms with E-state index in [0.29, 0.717) is 15.8 Å². The molecule has 0 heterocycles. The molecule has 0 saturated carbocycles. The summed E-state index contributed by atoms with van der Waals surface area (Å²) in [5, 5.41) is 13.2. The first-order chi connectivity index (χ1) is 8.49. The Hall–Kier alpha value is -1.01. The Morgan fingerprint density at radius 2 is 2.22 bits per heavy atom. The van der Waals surface area contributed by atoms with Gasteiger partial charge in [0.2, 0.25) is 5.91 Å². The predicted molar refractivity (Wildman–Crippen MR) is 70.0 cm³/mol. The van der Waals surface area contributed by atoms with Crippen LogP contribution >= 0.6 is 23.2 Å². The lowest BCUT2D eigenvalue weighted by Gasteiger charge is -2.13. The fraction of sp³-hybridized carbons (Fsp3) is 0.364. The Kier molecular flexibility index (Phi) is 6.21. The Balaban J connectivity index is 2.35. The fourth-order valence-corrected chi connectivity index (χ4v) is 1.53. The summed E-state index contributed by atoms with van der Waals surface area (Å²) in [6.45, 7) is 0.238. The Bertz CT molecular complexity index is 415. The van der Waals surface area contributed by atoms with Crippen LogP contribution in [0.2, 0.25) is 10.0 Å². The largest absolute Gasteiger partial charge is 0.489 e. The second-order valence-corrected chi connectivity index (χ2v) is 4.48. The minimum Gasteiger partial charge on any atom is -0.489 e. The van der Waals surface area contributed by atoms with Gasteiger partial charge in [-0.2, -0.15) is 0 Å². The number of carbonyl (C=O) groups is 1. The summed E-state index contributed by atoms with van der Waals surface area (Å²) >= 11 is 11.7. The highest BCUT2D eigenvalue weighted by Crippen LogP contribution is 2.27. The van der Waals surface area contributed by atoms with Crippen LogP contribution < -0.4 is 15.8 Å². The lowest BCUT2D eigenvalue weighted by Crippen LogP contribution is -2.36. The van der Waals surface area contributed by atoms with Crippen molar-refractivity contribution in [1.29, 1.82) is 0 Å². The van der Waals surface area contributed by atoms with E-state index in [1.807, 2.05) is 0 Å². The summed E-state index contributed by atoms with van der Waals surface area (Å²) in [5.74, 6) is -0.0841. The molecule has 1 amide bonds. The summed E-state index contributed by atoms with van der Waals surface area (Å²) in [5.41, 5.74) is 4.93. The molecule has 0 fully saturated rings. The molecule has 0 bridgehead atoms. The van der Waals surface area contributed by atoms with Gasteiger partial charge < -0.3 is 20.9 Å². The third-order valence-electron chi connectivity index (χ3n) is 2.00. The average Bonchev–Trinajstić information content (AvgIpc) is 2.30. The van der Waals surface area contributed by atoms with Crippen molar-refractivity contribution in [1.82, 2.24) is 5.32 Å². The van der Waals surface area contributed by atoms with Gasteiger partial charge in [0, 0.05) is 17.6 Å². The molecule has 0 spiro atoms. The number of benzene rings is 1. The molecule has 0 aliphatic carbocycles. The number of hydrogen-bond donors (Lipinski definition) is 3. The van der Waals surface area contributed by atoms with Crippen LogP contribution in [-0.2, 0) is 4.79 Å². The molecule has 1 aromatic carbocycles. The minimum atomic E-state index is -0.778. The Morgan fingerprint density at radius 1 is 1.50 bits per heavy atom. The van der Waals surface area contributed by atoms with Crippen LogP contribution in [0.25, 0.3) is 0 Å². The van der Waals surface area contributed by atoms with Crippen molar-refractivity contribution >= 4 is 29.1 Å². The van der Waals surface area contributed by atoms with Crippen LogP contribution in [0.4, 0.5) is 0 Å². The SMILES string of the molecule is NC(=O)CNCC(O)COc1cc(Cl)ccc1Cl. The van der Waals surface area contributed by atoms with Crippen molar-refractivity contribution in [2.75, 3.05) is 19.7 Å². The molecule has 0 saturated heterocycles. The topological polar surface area (TPSA) is 84.6 Å². The first-order valence-corrected chi connectivity index (χ1v) is 5.99. The smallest absolute Gasteiger partial charge is 0.231 e. The zero-order valence-electron chi connectivity index (χ0n) is 9.53. The number of hydrogen-bond acceptors (Lipinski definition) is 4. The number of nitrogens with two attached hydrogens (primary N) is 1. The monoisotopic (exact) mass is 292 g/mol. The number of primary amides is 1. The van der Waals surface area contributed by atoms with Gasteiger partial charge in [-0.05, 0) is 12.1 Å².